The molecule has 1 aromatic heterocycles. The summed E-state index contributed by atoms with van der Waals surface area (Å²) < 4.78 is 0. The first-order chi connectivity index (χ1) is 42.8. The summed E-state index contributed by atoms with van der Waals surface area (Å²) in [5.74, 6) is -11.2. The molecule has 0 radical (unpaired) electrons. The number of unbranched alkanes of at least 4 members (excludes halogenated alkanes) is 2. The molecule has 0 aliphatic heterocycles. The molecule has 0 saturated heterocycles. The van der Waals surface area contributed by atoms with Gasteiger partial charge in [0.25, 0.3) is 0 Å². The van der Waals surface area contributed by atoms with Crippen molar-refractivity contribution in [1.29, 1.82) is 0 Å². The van der Waals surface area contributed by atoms with Crippen LogP contribution in [0, 0.1) is 11.8 Å². The summed E-state index contributed by atoms with van der Waals surface area (Å²) >= 11 is 0. The van der Waals surface area contributed by atoms with Gasteiger partial charge < -0.3 is 92.3 Å². The topological polar surface area (TPSA) is 513 Å². The number of guanidine groups is 1. The molecule has 0 aliphatic rings. The van der Waals surface area contributed by atoms with Gasteiger partial charge in [-0.05, 0) is 94.3 Å². The van der Waals surface area contributed by atoms with Crippen LogP contribution in [0.3, 0.4) is 0 Å². The number of hydrogen-bond donors (Lipinski definition) is 17. The molecule has 11 atom stereocenters. The fraction of sp³-hybridized carbons (Fsp3) is 0.550. The summed E-state index contributed by atoms with van der Waals surface area (Å²) in [6.45, 7) is 8.88. The summed E-state index contributed by atoms with van der Waals surface area (Å²) in [6, 6.07) is 3.55. The van der Waals surface area contributed by atoms with Gasteiger partial charge in [0.15, 0.2) is 5.96 Å². The Morgan fingerprint density at radius 2 is 0.922 bits per heavy atom. The number of aromatic nitrogens is 2. The number of aliphatic imine (C=N–C) groups is 1. The second-order valence-corrected chi connectivity index (χ2v) is 22.5. The Morgan fingerprint density at radius 3 is 1.37 bits per heavy atom. The lowest BCUT2D eigenvalue weighted by atomic mass is 9.96. The van der Waals surface area contributed by atoms with E-state index in [0.29, 0.717) is 55.5 Å². The number of hydrogen-bond acceptors (Lipinski definition) is 16. The van der Waals surface area contributed by atoms with Gasteiger partial charge in [0.1, 0.15) is 54.4 Å². The van der Waals surface area contributed by atoms with Crippen LogP contribution in [0.2, 0.25) is 0 Å². The monoisotopic (exact) mass is 1260 g/mol. The van der Waals surface area contributed by atoms with E-state index in [0.717, 1.165) is 0 Å². The van der Waals surface area contributed by atoms with Gasteiger partial charge >= 0.3 is 5.97 Å². The Balaban J connectivity index is 2.01. The van der Waals surface area contributed by atoms with Crippen LogP contribution in [-0.2, 0) is 72.0 Å². The Morgan fingerprint density at radius 1 is 0.511 bits per heavy atom. The van der Waals surface area contributed by atoms with E-state index in [9.17, 15) is 57.8 Å². The van der Waals surface area contributed by atoms with Crippen molar-refractivity contribution >= 4 is 71.0 Å². The van der Waals surface area contributed by atoms with Gasteiger partial charge in [0.05, 0.1) is 18.8 Å². The van der Waals surface area contributed by atoms with Crippen LogP contribution >= 0.6 is 0 Å². The molecule has 10 amide bonds. The van der Waals surface area contributed by atoms with Gasteiger partial charge in [-0.3, -0.25) is 52.9 Å². The molecule has 30 heteroatoms. The SMILES string of the molecule is CC[C@H](C)[C@H](NC(=O)[C@H](Cc1ccccc1)NC(=O)[C@@H](NC(=O)[C@H](C)N)C(C)C)C(=O)N[C@@H](Cc1cnc[nH]1)C(=O)N[C@@H](CC(N)=O)C(=O)N[C@@H](Cc1ccccc1)C(=O)N[C@@H](CCCCN)C(=O)N[C@@H](CCCN=C(N)N)C(=O)N[C@@H](CCCCN)C(=O)O. The summed E-state index contributed by atoms with van der Waals surface area (Å²) in [6.07, 6.45) is 3.40. The molecule has 496 valence electrons. The van der Waals surface area contributed by atoms with Gasteiger partial charge in [-0.25, -0.2) is 9.78 Å². The molecule has 3 rings (SSSR count). The molecule has 0 unspecified atom stereocenters. The first kappa shape index (κ1) is 75.2. The van der Waals surface area contributed by atoms with Crippen molar-refractivity contribution in [3.8, 4) is 0 Å². The maximum Gasteiger partial charge on any atom is 0.326 e. The highest BCUT2D eigenvalue weighted by molar-refractivity contribution is 5.99. The third-order valence-electron chi connectivity index (χ3n) is 14.7. The van der Waals surface area contributed by atoms with Crippen molar-refractivity contribution < 1.29 is 57.8 Å². The number of carbonyl (C=O) groups is 11. The maximum absolute atomic E-state index is 14.6. The van der Waals surface area contributed by atoms with Crippen LogP contribution in [0.25, 0.3) is 0 Å². The number of nitrogens with one attached hydrogen (secondary N) is 10. The van der Waals surface area contributed by atoms with E-state index < -0.39 is 144 Å². The lowest BCUT2D eigenvalue weighted by Crippen LogP contribution is -2.62. The van der Waals surface area contributed by atoms with Gasteiger partial charge in [-0.15, -0.1) is 0 Å². The number of nitrogens with zero attached hydrogens (tertiary/aromatic N) is 2. The van der Waals surface area contributed by atoms with E-state index in [2.05, 4.69) is 62.8 Å². The maximum atomic E-state index is 14.6. The summed E-state index contributed by atoms with van der Waals surface area (Å²) in [5.41, 5.74) is 35.4. The van der Waals surface area contributed by atoms with Crippen molar-refractivity contribution in [3.05, 3.63) is 90.0 Å². The largest absolute Gasteiger partial charge is 0.480 e. The van der Waals surface area contributed by atoms with Crippen molar-refractivity contribution in [1.82, 2.24) is 57.8 Å². The molecule has 0 aliphatic carbocycles. The number of carbonyl (C=O) groups excluding carboxylic acids is 10. The first-order valence-electron chi connectivity index (χ1n) is 30.3. The fourth-order valence-electron chi connectivity index (χ4n) is 9.30. The number of nitrogens with two attached hydrogens (primary N) is 6. The predicted molar refractivity (Wildman–Crippen MR) is 335 cm³/mol. The molecular formula is C60H94N18O12. The first-order valence-corrected chi connectivity index (χ1v) is 30.3. The smallest absolute Gasteiger partial charge is 0.326 e. The van der Waals surface area contributed by atoms with E-state index in [1.54, 1.807) is 88.4 Å². The summed E-state index contributed by atoms with van der Waals surface area (Å²) in [5, 5.41) is 33.7. The van der Waals surface area contributed by atoms with Crippen molar-refractivity contribution in [2.24, 2.45) is 51.2 Å². The standard InChI is InChI=1S/C60H94N18O12/c1-6-35(4)49(78-56(86)44(29-38-20-11-8-12-21-38)75-57(87)48(34(2)3)77-50(80)36(5)63)58(88)76-45(30-39-32-67-33-69-39)54(84)74-46(31-47(64)79)55(85)73-43(28-37-18-9-7-10-19-37)53(83)71-40(22-13-15-25-61)51(81)70-41(24-17-27-68-60(65)66)52(82)72-42(59(89)90)23-14-16-26-62/h7-12,18-21,32-36,40-46,48-49H,6,13-17,22-31,61-63H2,1-5H3,(H2,64,79)(H,67,69)(H,70,81)(H,71,83)(H,72,82)(H,73,85)(H,74,84)(H,75,87)(H,76,88)(H,77,80)(H,78,86)(H,89,90)(H4,65,66,68)/t35-,36-,40-,41-,42-,43-,44-,45-,46-,48-,49-/m0/s1. The number of amides is 10. The Hall–Kier alpha value is -9.03. The molecule has 30 nitrogen and oxygen atoms in total. The number of benzene rings is 2. The van der Waals surface area contributed by atoms with Gasteiger partial charge in [-0.1, -0.05) is 94.8 Å². The molecule has 0 bridgehead atoms. The number of primary amides is 1. The lowest BCUT2D eigenvalue weighted by Gasteiger charge is -2.30. The number of carboxylic acids is 1. The Labute approximate surface area is 524 Å². The number of rotatable bonds is 42. The van der Waals surface area contributed by atoms with Gasteiger partial charge in [-0.2, -0.15) is 0 Å². The van der Waals surface area contributed by atoms with Crippen molar-refractivity contribution in [3.63, 3.8) is 0 Å². The normalized spacial score (nSPS) is 14.8. The second-order valence-electron chi connectivity index (χ2n) is 22.5. The van der Waals surface area contributed by atoms with Crippen LogP contribution in [0.15, 0.2) is 78.2 Å². The van der Waals surface area contributed by atoms with Crippen LogP contribution in [-0.4, -0.2) is 166 Å². The minimum Gasteiger partial charge on any atom is -0.480 e. The Bertz CT molecular complexity index is 2820. The number of aliphatic carboxylic acids is 1. The van der Waals surface area contributed by atoms with E-state index in [-0.39, 0.29) is 64.0 Å². The highest BCUT2D eigenvalue weighted by atomic mass is 16.4. The van der Waals surface area contributed by atoms with Crippen molar-refractivity contribution in [2.45, 2.75) is 179 Å². The number of imidazole rings is 1. The minimum absolute atomic E-state index is 0.0230. The quantitative estimate of drug-likeness (QED) is 0.0154. The molecule has 0 saturated carbocycles. The molecule has 0 fully saturated rings. The molecule has 3 aromatic rings. The van der Waals surface area contributed by atoms with Gasteiger partial charge in [0, 0.05) is 37.7 Å². The summed E-state index contributed by atoms with van der Waals surface area (Å²) in [7, 11) is 0. The molecule has 2 aromatic carbocycles. The van der Waals surface area contributed by atoms with Crippen LogP contribution in [0.5, 0.6) is 0 Å². The Kier molecular flexibility index (Phi) is 33.2. The highest BCUT2D eigenvalue weighted by Crippen LogP contribution is 2.15. The molecule has 23 N–H and O–H groups in total. The predicted octanol–water partition coefficient (Wildman–Crippen LogP) is -2.88. The van der Waals surface area contributed by atoms with E-state index >= 15 is 0 Å². The third kappa shape index (κ3) is 27.2. The van der Waals surface area contributed by atoms with E-state index in [1.807, 2.05) is 0 Å². The van der Waals surface area contributed by atoms with E-state index in [1.165, 1.54) is 19.4 Å². The molecular weight excluding hydrogens is 1160 g/mol. The molecule has 90 heavy (non-hydrogen) atoms. The minimum atomic E-state index is -1.80. The third-order valence-corrected chi connectivity index (χ3v) is 14.7. The number of carboxylic acid groups (broad SMARTS) is 1. The average molecular weight is 1260 g/mol. The summed E-state index contributed by atoms with van der Waals surface area (Å²) in [4.78, 5) is 163. The zero-order valence-corrected chi connectivity index (χ0v) is 52.0. The number of H-pyrrole nitrogens is 1. The van der Waals surface area contributed by atoms with Crippen LogP contribution in [0.1, 0.15) is 116 Å². The zero-order chi connectivity index (χ0) is 66.9. The van der Waals surface area contributed by atoms with Crippen molar-refractivity contribution in [2.75, 3.05) is 19.6 Å². The lowest BCUT2D eigenvalue weighted by molar-refractivity contribution is -0.142. The van der Waals surface area contributed by atoms with Crippen LogP contribution < -0.4 is 82.3 Å². The fourth-order valence-corrected chi connectivity index (χ4v) is 9.30. The molecule has 0 spiro atoms. The molecule has 1 heterocycles. The van der Waals surface area contributed by atoms with Gasteiger partial charge in [0.2, 0.25) is 59.1 Å². The van der Waals surface area contributed by atoms with E-state index in [4.69, 9.17) is 34.4 Å². The second kappa shape index (κ2) is 39.8. The highest BCUT2D eigenvalue weighted by Gasteiger charge is 2.38. The average Bonchev–Trinajstić information content (AvgIpc) is 1.87. The van der Waals surface area contributed by atoms with Crippen LogP contribution in [0.4, 0.5) is 0 Å². The number of aromatic amines is 1. The zero-order valence-electron chi connectivity index (χ0n) is 52.0.